The first-order valence-electron chi connectivity index (χ1n) is 15.4. The molecule has 0 spiro atoms. The van der Waals surface area contributed by atoms with Crippen LogP contribution in [0.1, 0.15) is 82.8 Å². The molecule has 0 amide bonds. The lowest BCUT2D eigenvalue weighted by molar-refractivity contribution is 0.184. The summed E-state index contributed by atoms with van der Waals surface area (Å²) < 4.78 is 0. The molecule has 208 valence electrons. The van der Waals surface area contributed by atoms with E-state index in [2.05, 4.69) is 70.9 Å². The number of piperidine rings is 2. The molecule has 1 unspecified atom stereocenters. The molecule has 1 atom stereocenters. The highest BCUT2D eigenvalue weighted by Gasteiger charge is 2.24. The number of benzene rings is 1. The molecule has 2 saturated heterocycles. The van der Waals surface area contributed by atoms with Gasteiger partial charge in [-0.3, -0.25) is 9.89 Å². The first-order chi connectivity index (χ1) is 18.6. The molecule has 0 bridgehead atoms. The second-order valence-corrected chi connectivity index (χ2v) is 12.0. The summed E-state index contributed by atoms with van der Waals surface area (Å²) in [6.07, 6.45) is 18.9. The lowest BCUT2D eigenvalue weighted by atomic mass is 9.83. The van der Waals surface area contributed by atoms with Gasteiger partial charge in [-0.1, -0.05) is 50.8 Å². The Morgan fingerprint density at radius 1 is 1.05 bits per heavy atom. The van der Waals surface area contributed by atoms with Gasteiger partial charge in [-0.15, -0.1) is 0 Å². The summed E-state index contributed by atoms with van der Waals surface area (Å²) in [5.41, 5.74) is 7.11. The molecule has 1 N–H and O–H groups in total. The zero-order chi connectivity index (χ0) is 26.7. The molecule has 2 heterocycles. The van der Waals surface area contributed by atoms with E-state index in [4.69, 9.17) is 0 Å². The minimum absolute atomic E-state index is 0.633. The third-order valence-electron chi connectivity index (χ3n) is 9.22. The lowest BCUT2D eigenvalue weighted by Gasteiger charge is -2.37. The van der Waals surface area contributed by atoms with E-state index in [1.807, 2.05) is 19.5 Å². The molecule has 38 heavy (non-hydrogen) atoms. The van der Waals surface area contributed by atoms with E-state index in [1.54, 1.807) is 0 Å². The van der Waals surface area contributed by atoms with E-state index in [0.29, 0.717) is 5.92 Å². The van der Waals surface area contributed by atoms with Crippen LogP contribution in [0.3, 0.4) is 0 Å². The predicted molar refractivity (Wildman–Crippen MR) is 164 cm³/mol. The maximum absolute atomic E-state index is 4.67. The monoisotopic (exact) mass is 516 g/mol. The van der Waals surface area contributed by atoms with Gasteiger partial charge in [-0.05, 0) is 98.3 Å². The molecule has 1 aliphatic carbocycles. The number of nitrogens with zero attached hydrogens (tertiary/aromatic N) is 3. The molecule has 0 saturated carbocycles. The van der Waals surface area contributed by atoms with Crippen LogP contribution in [-0.4, -0.2) is 55.9 Å². The van der Waals surface area contributed by atoms with Gasteiger partial charge in [0.1, 0.15) is 0 Å². The molecule has 3 aliphatic rings. The Kier molecular flexibility index (Phi) is 11.1. The van der Waals surface area contributed by atoms with Gasteiger partial charge >= 0.3 is 0 Å². The van der Waals surface area contributed by atoms with Crippen molar-refractivity contribution < 1.29 is 0 Å². The van der Waals surface area contributed by atoms with Gasteiger partial charge in [-0.25, -0.2) is 0 Å². The molecule has 0 radical (unpaired) electrons. The molecular formula is C34H52N4. The minimum atomic E-state index is 0.633. The van der Waals surface area contributed by atoms with E-state index in [0.717, 1.165) is 31.3 Å². The third-order valence-corrected chi connectivity index (χ3v) is 9.22. The van der Waals surface area contributed by atoms with Crippen molar-refractivity contribution in [3.8, 4) is 0 Å². The van der Waals surface area contributed by atoms with Crippen molar-refractivity contribution >= 4 is 11.8 Å². The first-order valence-corrected chi connectivity index (χ1v) is 15.4. The van der Waals surface area contributed by atoms with Crippen LogP contribution in [0, 0.1) is 17.8 Å². The Morgan fingerprint density at radius 3 is 2.42 bits per heavy atom. The maximum atomic E-state index is 4.67. The fourth-order valence-corrected chi connectivity index (χ4v) is 6.32. The smallest absolute Gasteiger partial charge is 0.0909 e. The molecule has 2 aliphatic heterocycles. The fourth-order valence-electron chi connectivity index (χ4n) is 6.32. The van der Waals surface area contributed by atoms with Crippen LogP contribution >= 0.6 is 0 Å². The Hall–Kier alpha value is -2.33. The minimum Gasteiger partial charge on any atom is -0.394 e. The summed E-state index contributed by atoms with van der Waals surface area (Å²) in [4.78, 5) is 9.74. The molecule has 1 aromatic rings. The van der Waals surface area contributed by atoms with Crippen LogP contribution in [-0.2, 0) is 6.42 Å². The van der Waals surface area contributed by atoms with Crippen molar-refractivity contribution in [1.82, 2.24) is 15.1 Å². The summed E-state index contributed by atoms with van der Waals surface area (Å²) >= 11 is 0. The number of hydrogen-bond acceptors (Lipinski definition) is 4. The average Bonchev–Trinajstić information content (AvgIpc) is 2.96. The van der Waals surface area contributed by atoms with Crippen LogP contribution in [0.25, 0.3) is 5.57 Å². The van der Waals surface area contributed by atoms with E-state index in [1.165, 1.54) is 106 Å². The second-order valence-electron chi connectivity index (χ2n) is 12.0. The Morgan fingerprint density at radius 2 is 1.79 bits per heavy atom. The summed E-state index contributed by atoms with van der Waals surface area (Å²) in [6, 6.07) is 9.50. The van der Waals surface area contributed by atoms with E-state index in [9.17, 15) is 0 Å². The van der Waals surface area contributed by atoms with E-state index < -0.39 is 0 Å². The van der Waals surface area contributed by atoms with E-state index in [-0.39, 0.29) is 0 Å². The van der Waals surface area contributed by atoms with Gasteiger partial charge in [-0.2, -0.15) is 0 Å². The fraction of sp³-hybridized carbons (Fsp3) is 0.618. The molecule has 1 aromatic carbocycles. The zero-order valence-corrected chi connectivity index (χ0v) is 24.4. The summed E-state index contributed by atoms with van der Waals surface area (Å²) in [7, 11) is 1.94. The number of rotatable bonds is 11. The van der Waals surface area contributed by atoms with Gasteiger partial charge in [0.15, 0.2) is 0 Å². The highest BCUT2D eigenvalue weighted by molar-refractivity contribution is 5.78. The number of aliphatic imine (C=N–C) groups is 1. The van der Waals surface area contributed by atoms with Crippen LogP contribution in [0.2, 0.25) is 0 Å². The lowest BCUT2D eigenvalue weighted by Crippen LogP contribution is -2.34. The number of nitrogens with one attached hydrogen (secondary N) is 1. The SMILES string of the molecule is C=C(C1CC=C(c2ccc(CCC3CCN(C/N=C\C(=C/NC)CC)CC3)cc2)CC1)N1CCC(C)CC1. The van der Waals surface area contributed by atoms with Gasteiger partial charge in [0.25, 0.3) is 0 Å². The Bertz CT molecular complexity index is 957. The Balaban J connectivity index is 1.17. The van der Waals surface area contributed by atoms with Gasteiger partial charge < -0.3 is 10.2 Å². The molecule has 4 heteroatoms. The summed E-state index contributed by atoms with van der Waals surface area (Å²) in [6.45, 7) is 14.7. The number of hydrogen-bond donors (Lipinski definition) is 1. The highest BCUT2D eigenvalue weighted by atomic mass is 15.2. The predicted octanol–water partition coefficient (Wildman–Crippen LogP) is 7.30. The normalized spacial score (nSPS) is 22.6. The van der Waals surface area contributed by atoms with Crippen molar-refractivity contribution in [2.24, 2.45) is 22.7 Å². The van der Waals surface area contributed by atoms with Crippen molar-refractivity contribution in [2.75, 3.05) is 39.9 Å². The van der Waals surface area contributed by atoms with Crippen LogP contribution in [0.4, 0.5) is 0 Å². The molecule has 0 aromatic heterocycles. The molecule has 4 nitrogen and oxygen atoms in total. The first kappa shape index (κ1) is 28.7. The molecular weight excluding hydrogens is 464 g/mol. The largest absolute Gasteiger partial charge is 0.394 e. The quantitative estimate of drug-likeness (QED) is 0.313. The van der Waals surface area contributed by atoms with Crippen LogP contribution in [0.5, 0.6) is 0 Å². The van der Waals surface area contributed by atoms with Gasteiger partial charge in [0.2, 0.25) is 0 Å². The zero-order valence-electron chi connectivity index (χ0n) is 24.4. The van der Waals surface area contributed by atoms with Crippen molar-refractivity contribution in [3.63, 3.8) is 0 Å². The number of aryl methyl sites for hydroxylation is 1. The van der Waals surface area contributed by atoms with Crippen LogP contribution in [0.15, 0.2) is 59.4 Å². The van der Waals surface area contributed by atoms with Gasteiger partial charge in [0, 0.05) is 57.3 Å². The topological polar surface area (TPSA) is 30.9 Å². The molecule has 2 fully saturated rings. The summed E-state index contributed by atoms with van der Waals surface area (Å²) in [5, 5.41) is 3.10. The number of likely N-dealkylation sites (tertiary alicyclic amines) is 2. The van der Waals surface area contributed by atoms with Crippen molar-refractivity contribution in [2.45, 2.75) is 78.1 Å². The number of allylic oxidation sites excluding steroid dienone is 4. The van der Waals surface area contributed by atoms with E-state index >= 15 is 0 Å². The van der Waals surface area contributed by atoms with Crippen LogP contribution < -0.4 is 5.32 Å². The highest BCUT2D eigenvalue weighted by Crippen LogP contribution is 2.36. The van der Waals surface area contributed by atoms with Crippen molar-refractivity contribution in [3.05, 3.63) is 65.5 Å². The standard InChI is InChI=1S/C34H52N4/c1-5-29(24-35-4)25-36-26-37-20-18-31(19-21-37)7-6-30-8-10-33(11-9-30)34-14-12-32(13-15-34)28(3)38-22-16-27(2)17-23-38/h8-11,14,24-25,27,31-32,35H,3,5-7,12-13,15-23,26H2,1-2,4H3/b29-24-,36-25-. The van der Waals surface area contributed by atoms with Crippen molar-refractivity contribution in [1.29, 1.82) is 0 Å². The third kappa shape index (κ3) is 8.33. The van der Waals surface area contributed by atoms with Gasteiger partial charge in [0.05, 0.1) is 6.67 Å². The second kappa shape index (κ2) is 14.7. The summed E-state index contributed by atoms with van der Waals surface area (Å²) in [5.74, 6) is 2.36. The molecule has 4 rings (SSSR count). The average molecular weight is 517 g/mol. The Labute approximate surface area is 233 Å². The maximum Gasteiger partial charge on any atom is 0.0909 e.